The highest BCUT2D eigenvalue weighted by Gasteiger charge is 2.34. The van der Waals surface area contributed by atoms with Gasteiger partial charge >= 0.3 is 0 Å². The summed E-state index contributed by atoms with van der Waals surface area (Å²) in [6.45, 7) is 4.01. The lowest BCUT2D eigenvalue weighted by Crippen LogP contribution is -2.49. The third-order valence-corrected chi connectivity index (χ3v) is 5.51. The van der Waals surface area contributed by atoms with E-state index in [1.807, 2.05) is 17.0 Å². The van der Waals surface area contributed by atoms with Gasteiger partial charge in [0.2, 0.25) is 5.91 Å². The van der Waals surface area contributed by atoms with E-state index in [1.165, 1.54) is 5.39 Å². The third-order valence-electron chi connectivity index (χ3n) is 5.51. The average molecular weight is 354 g/mol. The van der Waals surface area contributed by atoms with Gasteiger partial charge in [0.1, 0.15) is 6.04 Å². The molecule has 0 spiro atoms. The first-order chi connectivity index (χ1) is 12.7. The second-order valence-electron chi connectivity index (χ2n) is 7.21. The number of benzene rings is 2. The minimum absolute atomic E-state index is 0.153. The fraction of sp³-hybridized carbons (Fsp3) is 0.476. The molecule has 26 heavy (non-hydrogen) atoms. The molecular weight excluding hydrogens is 328 g/mol. The van der Waals surface area contributed by atoms with E-state index in [4.69, 9.17) is 4.74 Å². The van der Waals surface area contributed by atoms with Crippen LogP contribution in [0.25, 0.3) is 10.8 Å². The molecule has 138 valence electrons. The van der Waals surface area contributed by atoms with Crippen molar-refractivity contribution in [3.05, 3.63) is 48.0 Å². The van der Waals surface area contributed by atoms with Crippen molar-refractivity contribution in [3.63, 3.8) is 0 Å². The predicted octanol–water partition coefficient (Wildman–Crippen LogP) is 2.20. The molecule has 2 aromatic rings. The Balaban J connectivity index is 1.67. The average Bonchev–Trinajstić information content (AvgIpc) is 2.70. The van der Waals surface area contributed by atoms with E-state index in [0.29, 0.717) is 26.3 Å². The van der Waals surface area contributed by atoms with Gasteiger partial charge in [-0.2, -0.15) is 0 Å². The highest BCUT2D eigenvalue weighted by atomic mass is 16.5. The molecule has 5 nitrogen and oxygen atoms in total. The highest BCUT2D eigenvalue weighted by molar-refractivity contribution is 5.87. The second-order valence-corrected chi connectivity index (χ2v) is 7.21. The van der Waals surface area contributed by atoms with E-state index >= 15 is 0 Å². The Morgan fingerprint density at radius 1 is 1.00 bits per heavy atom. The van der Waals surface area contributed by atoms with Crippen LogP contribution in [0.1, 0.15) is 24.4 Å². The van der Waals surface area contributed by atoms with E-state index in [0.717, 1.165) is 36.9 Å². The Kier molecular flexibility index (Phi) is 5.20. The quantitative estimate of drug-likeness (QED) is 0.918. The van der Waals surface area contributed by atoms with E-state index < -0.39 is 0 Å². The lowest BCUT2D eigenvalue weighted by atomic mass is 9.97. The molecule has 2 heterocycles. The number of hydrogen-bond acceptors (Lipinski definition) is 4. The number of ether oxygens (including phenoxy) is 1. The zero-order chi connectivity index (χ0) is 17.9. The number of likely N-dealkylation sites (tertiary alicyclic amines) is 1. The Labute approximate surface area is 154 Å². The summed E-state index contributed by atoms with van der Waals surface area (Å²) in [6.07, 6.45) is 1.20. The lowest BCUT2D eigenvalue weighted by molar-refractivity contribution is -0.142. The van der Waals surface area contributed by atoms with Gasteiger partial charge in [0.15, 0.2) is 0 Å². The Morgan fingerprint density at radius 3 is 2.42 bits per heavy atom. The van der Waals surface area contributed by atoms with Crippen LogP contribution in [0.5, 0.6) is 0 Å². The molecule has 0 aromatic heterocycles. The molecule has 5 heteroatoms. The van der Waals surface area contributed by atoms with Crippen molar-refractivity contribution < 1.29 is 14.6 Å². The molecular formula is C21H26N2O3. The number of carbonyl (C=O) groups is 1. The highest BCUT2D eigenvalue weighted by Crippen LogP contribution is 2.29. The molecule has 1 N–H and O–H groups in total. The van der Waals surface area contributed by atoms with Crippen LogP contribution >= 0.6 is 0 Å². The number of rotatable bonds is 3. The van der Waals surface area contributed by atoms with Gasteiger partial charge in [0, 0.05) is 26.2 Å². The van der Waals surface area contributed by atoms with E-state index in [9.17, 15) is 9.90 Å². The number of amides is 1. The first-order valence-electron chi connectivity index (χ1n) is 9.50. The zero-order valence-electron chi connectivity index (χ0n) is 15.0. The SMILES string of the molecule is O=C(C(c1ccc2ccccc2c1)N1CCC(O)CC1)N1CCOCC1. The van der Waals surface area contributed by atoms with Gasteiger partial charge in [-0.3, -0.25) is 9.69 Å². The Bertz CT molecular complexity index is 765. The Hall–Kier alpha value is -1.95. The first-order valence-corrected chi connectivity index (χ1v) is 9.50. The molecule has 4 rings (SSSR count). The number of carbonyl (C=O) groups excluding carboxylic acids is 1. The summed E-state index contributed by atoms with van der Waals surface area (Å²) >= 11 is 0. The predicted molar refractivity (Wildman–Crippen MR) is 101 cm³/mol. The summed E-state index contributed by atoms with van der Waals surface area (Å²) < 4.78 is 5.41. The molecule has 1 atom stereocenters. The van der Waals surface area contributed by atoms with Crippen LogP contribution in [0.4, 0.5) is 0 Å². The van der Waals surface area contributed by atoms with E-state index in [-0.39, 0.29) is 18.1 Å². The molecule has 0 radical (unpaired) electrons. The van der Waals surface area contributed by atoms with Gasteiger partial charge in [-0.25, -0.2) is 0 Å². The maximum Gasteiger partial charge on any atom is 0.244 e. The van der Waals surface area contributed by atoms with Crippen LogP contribution in [-0.2, 0) is 9.53 Å². The standard InChI is InChI=1S/C21H26N2O3/c24-19-7-9-22(10-8-19)20(21(25)23-11-13-26-14-12-23)18-6-5-16-3-1-2-4-17(16)15-18/h1-6,15,19-20,24H,7-14H2. The largest absolute Gasteiger partial charge is 0.393 e. The fourth-order valence-electron chi connectivity index (χ4n) is 3.99. The van der Waals surface area contributed by atoms with Crippen LogP contribution in [-0.4, -0.2) is 66.3 Å². The molecule has 1 unspecified atom stereocenters. The van der Waals surface area contributed by atoms with E-state index in [2.05, 4.69) is 35.2 Å². The monoisotopic (exact) mass is 354 g/mol. The molecule has 0 saturated carbocycles. The maximum atomic E-state index is 13.4. The molecule has 2 saturated heterocycles. The van der Waals surface area contributed by atoms with Gasteiger partial charge in [-0.05, 0) is 35.2 Å². The zero-order valence-corrected chi connectivity index (χ0v) is 15.0. The lowest BCUT2D eigenvalue weighted by Gasteiger charge is -2.39. The van der Waals surface area contributed by atoms with Crippen molar-refractivity contribution in [2.45, 2.75) is 25.0 Å². The topological polar surface area (TPSA) is 53.0 Å². The number of morpholine rings is 1. The number of aliphatic hydroxyl groups is 1. The number of hydrogen-bond donors (Lipinski definition) is 1. The van der Waals surface area contributed by atoms with Crippen molar-refractivity contribution in [1.82, 2.24) is 9.80 Å². The summed E-state index contributed by atoms with van der Waals surface area (Å²) in [7, 11) is 0. The molecule has 2 aliphatic rings. The summed E-state index contributed by atoms with van der Waals surface area (Å²) in [5, 5.41) is 12.2. The van der Waals surface area contributed by atoms with Gasteiger partial charge in [-0.15, -0.1) is 0 Å². The van der Waals surface area contributed by atoms with Gasteiger partial charge in [-0.1, -0.05) is 36.4 Å². The summed E-state index contributed by atoms with van der Waals surface area (Å²) in [5.41, 5.74) is 1.04. The van der Waals surface area contributed by atoms with Crippen molar-refractivity contribution in [1.29, 1.82) is 0 Å². The number of nitrogens with zero attached hydrogens (tertiary/aromatic N) is 2. The van der Waals surface area contributed by atoms with Gasteiger partial charge in [0.05, 0.1) is 19.3 Å². The number of piperidine rings is 1. The number of fused-ring (bicyclic) bond motifs is 1. The van der Waals surface area contributed by atoms with Crippen molar-refractivity contribution >= 4 is 16.7 Å². The summed E-state index contributed by atoms with van der Waals surface area (Å²) in [6, 6.07) is 14.3. The van der Waals surface area contributed by atoms with Crippen LogP contribution in [0.15, 0.2) is 42.5 Å². The van der Waals surface area contributed by atoms with Crippen LogP contribution in [0.2, 0.25) is 0 Å². The van der Waals surface area contributed by atoms with Gasteiger partial charge in [0.25, 0.3) is 0 Å². The molecule has 1 amide bonds. The van der Waals surface area contributed by atoms with Crippen LogP contribution in [0, 0.1) is 0 Å². The van der Waals surface area contributed by atoms with Crippen molar-refractivity contribution in [2.75, 3.05) is 39.4 Å². The van der Waals surface area contributed by atoms with Crippen molar-refractivity contribution in [2.24, 2.45) is 0 Å². The normalized spacial score (nSPS) is 21.0. The minimum atomic E-state index is -0.287. The molecule has 0 aliphatic carbocycles. The van der Waals surface area contributed by atoms with Gasteiger partial charge < -0.3 is 14.7 Å². The molecule has 2 aromatic carbocycles. The molecule has 2 fully saturated rings. The number of aliphatic hydroxyl groups excluding tert-OH is 1. The maximum absolute atomic E-state index is 13.4. The smallest absolute Gasteiger partial charge is 0.244 e. The summed E-state index contributed by atoms with van der Waals surface area (Å²) in [4.78, 5) is 17.5. The van der Waals surface area contributed by atoms with Crippen molar-refractivity contribution in [3.8, 4) is 0 Å². The molecule has 2 aliphatic heterocycles. The second kappa shape index (κ2) is 7.74. The fourth-order valence-corrected chi connectivity index (χ4v) is 3.99. The van der Waals surface area contributed by atoms with Crippen LogP contribution < -0.4 is 0 Å². The third kappa shape index (κ3) is 3.61. The van der Waals surface area contributed by atoms with E-state index in [1.54, 1.807) is 0 Å². The summed E-state index contributed by atoms with van der Waals surface area (Å²) in [5.74, 6) is 0.153. The Morgan fingerprint density at radius 2 is 1.69 bits per heavy atom. The van der Waals surface area contributed by atoms with Crippen LogP contribution in [0.3, 0.4) is 0 Å². The minimum Gasteiger partial charge on any atom is -0.393 e. The molecule has 0 bridgehead atoms. The first kappa shape index (κ1) is 17.5.